The van der Waals surface area contributed by atoms with Gasteiger partial charge in [-0.2, -0.15) is 0 Å². The molecule has 0 atom stereocenters. The molecule has 0 N–H and O–H groups in total. The van der Waals surface area contributed by atoms with Gasteiger partial charge in [0.2, 0.25) is 0 Å². The van der Waals surface area contributed by atoms with Gasteiger partial charge in [-0.05, 0) is 29.7 Å². The molecule has 1 aromatic heterocycles. The van der Waals surface area contributed by atoms with Crippen molar-refractivity contribution in [3.63, 3.8) is 0 Å². The van der Waals surface area contributed by atoms with Crippen LogP contribution in [0.1, 0.15) is 12.0 Å². The molecule has 2 heterocycles. The first kappa shape index (κ1) is 13.4. The summed E-state index contributed by atoms with van der Waals surface area (Å²) < 4.78 is 5.29. The van der Waals surface area contributed by atoms with Crippen LogP contribution in [0.25, 0.3) is 5.57 Å². The molecule has 0 bridgehead atoms. The van der Waals surface area contributed by atoms with Crippen LogP contribution < -0.4 is 4.74 Å². The summed E-state index contributed by atoms with van der Waals surface area (Å²) in [4.78, 5) is 17.7. The van der Waals surface area contributed by atoms with E-state index in [0.717, 1.165) is 6.42 Å². The lowest BCUT2D eigenvalue weighted by Crippen LogP contribution is -2.36. The second-order valence-corrected chi connectivity index (χ2v) is 4.85. The van der Waals surface area contributed by atoms with Crippen LogP contribution in [0.5, 0.6) is 5.75 Å². The maximum atomic E-state index is 12.1. The largest absolute Gasteiger partial charge is 0.415 e. The van der Waals surface area contributed by atoms with E-state index in [9.17, 15) is 4.79 Å². The number of ether oxygens (including phenoxy) is 1. The number of nitrogens with zero attached hydrogens (tertiary/aromatic N) is 2. The van der Waals surface area contributed by atoms with Gasteiger partial charge in [-0.3, -0.25) is 4.98 Å². The number of carbonyl (C=O) groups is 1. The van der Waals surface area contributed by atoms with E-state index in [0.29, 0.717) is 18.8 Å². The van der Waals surface area contributed by atoms with Crippen LogP contribution >= 0.6 is 0 Å². The van der Waals surface area contributed by atoms with E-state index in [1.165, 1.54) is 17.3 Å². The van der Waals surface area contributed by atoms with Crippen molar-refractivity contribution in [2.45, 2.75) is 6.42 Å². The Balaban J connectivity index is 1.63. The van der Waals surface area contributed by atoms with E-state index in [4.69, 9.17) is 4.74 Å². The van der Waals surface area contributed by atoms with E-state index in [-0.39, 0.29) is 6.09 Å². The van der Waals surface area contributed by atoms with Crippen molar-refractivity contribution >= 4 is 11.7 Å². The summed E-state index contributed by atoms with van der Waals surface area (Å²) in [5.41, 5.74) is 2.50. The molecule has 0 unspecified atom stereocenters. The van der Waals surface area contributed by atoms with E-state index in [2.05, 4.69) is 23.2 Å². The normalized spacial score (nSPS) is 14.5. The molecular weight excluding hydrogens is 264 g/mol. The van der Waals surface area contributed by atoms with Gasteiger partial charge in [-0.1, -0.05) is 36.4 Å². The summed E-state index contributed by atoms with van der Waals surface area (Å²) in [5.74, 6) is 0.473. The quantitative estimate of drug-likeness (QED) is 0.847. The predicted molar refractivity (Wildman–Crippen MR) is 80.9 cm³/mol. The first-order chi connectivity index (χ1) is 10.3. The number of hydrogen-bond acceptors (Lipinski definition) is 3. The zero-order chi connectivity index (χ0) is 14.5. The molecule has 0 fully saturated rings. The van der Waals surface area contributed by atoms with Gasteiger partial charge in [0, 0.05) is 19.3 Å². The Morgan fingerprint density at radius 2 is 2.00 bits per heavy atom. The number of aromatic nitrogens is 1. The van der Waals surface area contributed by atoms with Crippen molar-refractivity contribution < 1.29 is 9.53 Å². The second-order valence-electron chi connectivity index (χ2n) is 4.85. The van der Waals surface area contributed by atoms with Crippen molar-refractivity contribution in [2.24, 2.45) is 0 Å². The van der Waals surface area contributed by atoms with Gasteiger partial charge in [0.05, 0.1) is 6.20 Å². The third-order valence-electron chi connectivity index (χ3n) is 3.45. The highest BCUT2D eigenvalue weighted by Crippen LogP contribution is 2.22. The van der Waals surface area contributed by atoms with E-state index in [1.807, 2.05) is 18.2 Å². The minimum absolute atomic E-state index is 0.327. The standard InChI is InChI=1S/C17H16N2O2/c20-17(21-16-7-4-10-18-13-16)19-11-8-15(9-12-19)14-5-2-1-3-6-14/h1-8,10,13H,9,11-12H2. The monoisotopic (exact) mass is 280 g/mol. The molecule has 3 rings (SSSR count). The average Bonchev–Trinajstić information content (AvgIpc) is 2.57. The molecule has 1 aliphatic heterocycles. The van der Waals surface area contributed by atoms with Crippen molar-refractivity contribution in [1.82, 2.24) is 9.88 Å². The zero-order valence-electron chi connectivity index (χ0n) is 11.6. The molecule has 1 aromatic carbocycles. The van der Waals surface area contributed by atoms with E-state index < -0.39 is 0 Å². The predicted octanol–water partition coefficient (Wildman–Crippen LogP) is 3.37. The molecule has 2 aromatic rings. The maximum absolute atomic E-state index is 12.1. The Kier molecular flexibility index (Phi) is 3.96. The summed E-state index contributed by atoms with van der Waals surface area (Å²) in [5, 5.41) is 0. The number of benzene rings is 1. The smallest absolute Gasteiger partial charge is 0.409 e. The molecule has 0 aliphatic carbocycles. The third kappa shape index (κ3) is 3.28. The van der Waals surface area contributed by atoms with Crippen LogP contribution in [0.2, 0.25) is 0 Å². The van der Waals surface area contributed by atoms with Crippen molar-refractivity contribution in [1.29, 1.82) is 0 Å². The third-order valence-corrected chi connectivity index (χ3v) is 3.45. The molecule has 0 saturated carbocycles. The molecule has 21 heavy (non-hydrogen) atoms. The molecule has 0 radical (unpaired) electrons. The molecular formula is C17H16N2O2. The Hall–Kier alpha value is -2.62. The first-order valence-corrected chi connectivity index (χ1v) is 6.94. The van der Waals surface area contributed by atoms with Gasteiger partial charge in [-0.15, -0.1) is 0 Å². The highest BCUT2D eigenvalue weighted by molar-refractivity contribution is 5.74. The number of pyridine rings is 1. The minimum atomic E-state index is -0.327. The number of amides is 1. The maximum Gasteiger partial charge on any atom is 0.415 e. The van der Waals surface area contributed by atoms with Crippen LogP contribution in [0, 0.1) is 0 Å². The van der Waals surface area contributed by atoms with Crippen LogP contribution in [-0.2, 0) is 0 Å². The zero-order valence-corrected chi connectivity index (χ0v) is 11.6. The Morgan fingerprint density at radius 1 is 1.14 bits per heavy atom. The van der Waals surface area contributed by atoms with Crippen molar-refractivity contribution in [3.8, 4) is 5.75 Å². The lowest BCUT2D eigenvalue weighted by Gasteiger charge is -2.25. The SMILES string of the molecule is O=C(Oc1cccnc1)N1CC=C(c2ccccc2)CC1. The molecule has 1 aliphatic rings. The summed E-state index contributed by atoms with van der Waals surface area (Å²) in [7, 11) is 0. The summed E-state index contributed by atoms with van der Waals surface area (Å²) in [6.45, 7) is 1.24. The topological polar surface area (TPSA) is 42.4 Å². The van der Waals surface area contributed by atoms with Crippen molar-refractivity contribution in [2.75, 3.05) is 13.1 Å². The van der Waals surface area contributed by atoms with Crippen molar-refractivity contribution in [3.05, 3.63) is 66.5 Å². The van der Waals surface area contributed by atoms with Gasteiger partial charge in [0.25, 0.3) is 0 Å². The van der Waals surface area contributed by atoms with Gasteiger partial charge >= 0.3 is 6.09 Å². The molecule has 4 nitrogen and oxygen atoms in total. The fourth-order valence-corrected chi connectivity index (χ4v) is 2.32. The average molecular weight is 280 g/mol. The summed E-state index contributed by atoms with van der Waals surface area (Å²) >= 11 is 0. The highest BCUT2D eigenvalue weighted by atomic mass is 16.6. The molecule has 4 heteroatoms. The Morgan fingerprint density at radius 3 is 2.67 bits per heavy atom. The lowest BCUT2D eigenvalue weighted by molar-refractivity contribution is 0.157. The highest BCUT2D eigenvalue weighted by Gasteiger charge is 2.19. The van der Waals surface area contributed by atoms with Crippen LogP contribution in [0.4, 0.5) is 4.79 Å². The number of rotatable bonds is 2. The van der Waals surface area contributed by atoms with Crippen LogP contribution in [0.15, 0.2) is 60.9 Å². The van der Waals surface area contributed by atoms with Gasteiger partial charge in [-0.25, -0.2) is 4.79 Å². The summed E-state index contributed by atoms with van der Waals surface area (Å²) in [6.07, 6.45) is 5.78. The Labute approximate surface area is 123 Å². The van der Waals surface area contributed by atoms with E-state index in [1.54, 1.807) is 23.2 Å². The van der Waals surface area contributed by atoms with E-state index >= 15 is 0 Å². The fraction of sp³-hybridized carbons (Fsp3) is 0.176. The first-order valence-electron chi connectivity index (χ1n) is 6.94. The molecule has 0 spiro atoms. The minimum Gasteiger partial charge on any atom is -0.409 e. The van der Waals surface area contributed by atoms with Gasteiger partial charge in [0.15, 0.2) is 5.75 Å². The van der Waals surface area contributed by atoms with Gasteiger partial charge < -0.3 is 9.64 Å². The summed E-state index contributed by atoms with van der Waals surface area (Å²) in [6, 6.07) is 13.7. The number of carbonyl (C=O) groups excluding carboxylic acids is 1. The lowest BCUT2D eigenvalue weighted by atomic mass is 10.00. The van der Waals surface area contributed by atoms with Crippen LogP contribution in [-0.4, -0.2) is 29.1 Å². The fourth-order valence-electron chi connectivity index (χ4n) is 2.32. The second kappa shape index (κ2) is 6.22. The van der Waals surface area contributed by atoms with Gasteiger partial charge in [0.1, 0.15) is 0 Å². The Bertz CT molecular complexity index is 638. The van der Waals surface area contributed by atoms with Crippen LogP contribution in [0.3, 0.4) is 0 Å². The number of hydrogen-bond donors (Lipinski definition) is 0. The molecule has 1 amide bonds. The molecule has 106 valence electrons. The molecule has 0 saturated heterocycles.